The van der Waals surface area contributed by atoms with Crippen molar-refractivity contribution in [2.24, 2.45) is 7.05 Å². The van der Waals surface area contributed by atoms with Gasteiger partial charge in [0.2, 0.25) is 0 Å². The van der Waals surface area contributed by atoms with E-state index in [-0.39, 0.29) is 6.04 Å². The summed E-state index contributed by atoms with van der Waals surface area (Å²) in [5.74, 6) is 0. The first kappa shape index (κ1) is 16.4. The van der Waals surface area contributed by atoms with Gasteiger partial charge < -0.3 is 4.98 Å². The molecule has 5 nitrogen and oxygen atoms in total. The van der Waals surface area contributed by atoms with E-state index < -0.39 is 0 Å². The van der Waals surface area contributed by atoms with Crippen molar-refractivity contribution in [1.29, 1.82) is 0 Å². The molecular formula is C19H22ClN5. The Morgan fingerprint density at radius 1 is 1.28 bits per heavy atom. The fraction of sp³-hybridized carbons (Fsp3) is 0.368. The number of rotatable bonds is 4. The third kappa shape index (κ3) is 3.10. The van der Waals surface area contributed by atoms with Gasteiger partial charge in [-0.2, -0.15) is 5.10 Å². The third-order valence-electron chi connectivity index (χ3n) is 5.06. The van der Waals surface area contributed by atoms with Gasteiger partial charge in [-0.25, -0.2) is 4.98 Å². The number of nitrogens with zero attached hydrogens (tertiary/aromatic N) is 4. The number of hydrogen-bond acceptors (Lipinski definition) is 3. The lowest BCUT2D eigenvalue weighted by molar-refractivity contribution is 0.170. The molecule has 0 spiro atoms. The van der Waals surface area contributed by atoms with Crippen molar-refractivity contribution in [3.8, 4) is 0 Å². The quantitative estimate of drug-likeness (QED) is 0.779. The number of benzene rings is 1. The minimum Gasteiger partial charge on any atom is -0.348 e. The molecule has 0 amide bonds. The van der Waals surface area contributed by atoms with Crippen LogP contribution in [0.15, 0.2) is 36.7 Å². The summed E-state index contributed by atoms with van der Waals surface area (Å²) in [5, 5.41) is 5.18. The van der Waals surface area contributed by atoms with E-state index in [9.17, 15) is 0 Å². The molecule has 0 saturated heterocycles. The molecule has 25 heavy (non-hydrogen) atoms. The SMILES string of the molecule is Cc1nn(C)c(Cl)c1CN1CCc2[nH]cnc2[C@@H]1Cc1ccccc1. The summed E-state index contributed by atoms with van der Waals surface area (Å²) in [6.45, 7) is 3.80. The molecule has 1 aliphatic heterocycles. The van der Waals surface area contributed by atoms with Gasteiger partial charge in [0.05, 0.1) is 23.8 Å². The average molecular weight is 356 g/mol. The molecule has 1 N–H and O–H groups in total. The fourth-order valence-corrected chi connectivity index (χ4v) is 3.95. The van der Waals surface area contributed by atoms with Gasteiger partial charge in [-0.05, 0) is 18.9 Å². The van der Waals surface area contributed by atoms with Gasteiger partial charge in [-0.1, -0.05) is 41.9 Å². The van der Waals surface area contributed by atoms with Crippen LogP contribution in [0.2, 0.25) is 5.15 Å². The molecule has 1 aromatic carbocycles. The summed E-state index contributed by atoms with van der Waals surface area (Å²) in [6, 6.07) is 10.9. The number of aromatic nitrogens is 4. The average Bonchev–Trinajstić information content (AvgIpc) is 3.18. The molecule has 0 saturated carbocycles. The Hall–Kier alpha value is -2.11. The Kier molecular flexibility index (Phi) is 4.36. The van der Waals surface area contributed by atoms with Crippen LogP contribution in [-0.2, 0) is 26.4 Å². The van der Waals surface area contributed by atoms with Crippen molar-refractivity contribution in [3.05, 3.63) is 70.0 Å². The first-order valence-corrected chi connectivity index (χ1v) is 8.99. The van der Waals surface area contributed by atoms with Crippen LogP contribution in [0.1, 0.15) is 34.3 Å². The first-order chi connectivity index (χ1) is 12.1. The number of nitrogens with one attached hydrogen (secondary N) is 1. The standard InChI is InChI=1S/C19H22ClN5/c1-13-15(19(20)24(2)23-13)11-25-9-8-16-18(22-12-21-16)17(25)10-14-6-4-3-5-7-14/h3-7,12,17H,8-11H2,1-2H3,(H,21,22)/t17-/m0/s1. The van der Waals surface area contributed by atoms with E-state index in [4.69, 9.17) is 11.6 Å². The molecule has 2 aromatic heterocycles. The molecule has 3 aromatic rings. The summed E-state index contributed by atoms with van der Waals surface area (Å²) in [7, 11) is 1.89. The molecule has 0 fully saturated rings. The molecule has 3 heterocycles. The van der Waals surface area contributed by atoms with Gasteiger partial charge in [-0.15, -0.1) is 0 Å². The van der Waals surface area contributed by atoms with E-state index >= 15 is 0 Å². The monoisotopic (exact) mass is 355 g/mol. The summed E-state index contributed by atoms with van der Waals surface area (Å²) in [4.78, 5) is 10.4. The van der Waals surface area contributed by atoms with E-state index in [1.54, 1.807) is 4.68 Å². The van der Waals surface area contributed by atoms with Gasteiger partial charge in [0.15, 0.2) is 0 Å². The maximum atomic E-state index is 6.47. The summed E-state index contributed by atoms with van der Waals surface area (Å²) < 4.78 is 1.75. The van der Waals surface area contributed by atoms with E-state index in [0.717, 1.165) is 48.0 Å². The highest BCUT2D eigenvalue weighted by atomic mass is 35.5. The molecule has 4 rings (SSSR count). The lowest BCUT2D eigenvalue weighted by Crippen LogP contribution is -2.36. The molecule has 0 bridgehead atoms. The zero-order valence-corrected chi connectivity index (χ0v) is 15.3. The third-order valence-corrected chi connectivity index (χ3v) is 5.53. The number of hydrogen-bond donors (Lipinski definition) is 1. The van der Waals surface area contributed by atoms with E-state index in [1.165, 1.54) is 11.3 Å². The van der Waals surface area contributed by atoms with Crippen molar-refractivity contribution < 1.29 is 0 Å². The molecule has 130 valence electrons. The van der Waals surface area contributed by atoms with Crippen LogP contribution < -0.4 is 0 Å². The summed E-state index contributed by atoms with van der Waals surface area (Å²) >= 11 is 6.47. The van der Waals surface area contributed by atoms with E-state index in [1.807, 2.05) is 20.3 Å². The molecule has 1 aliphatic rings. The Labute approximate surface area is 152 Å². The molecule has 0 unspecified atom stereocenters. The van der Waals surface area contributed by atoms with Gasteiger partial charge in [0.1, 0.15) is 5.15 Å². The second-order valence-electron chi connectivity index (χ2n) is 6.67. The highest BCUT2D eigenvalue weighted by molar-refractivity contribution is 6.30. The summed E-state index contributed by atoms with van der Waals surface area (Å²) in [6.07, 6.45) is 3.74. The number of H-pyrrole nitrogens is 1. The van der Waals surface area contributed by atoms with Crippen LogP contribution in [0.5, 0.6) is 0 Å². The Balaban J connectivity index is 1.66. The number of halogens is 1. The predicted molar refractivity (Wildman–Crippen MR) is 98.5 cm³/mol. The Morgan fingerprint density at radius 2 is 2.08 bits per heavy atom. The number of aromatic amines is 1. The molecule has 6 heteroatoms. The van der Waals surface area contributed by atoms with E-state index in [0.29, 0.717) is 0 Å². The van der Waals surface area contributed by atoms with Crippen LogP contribution in [0.4, 0.5) is 0 Å². The van der Waals surface area contributed by atoms with Crippen LogP contribution in [0.3, 0.4) is 0 Å². The largest absolute Gasteiger partial charge is 0.348 e. The zero-order valence-electron chi connectivity index (χ0n) is 14.5. The van der Waals surface area contributed by atoms with Crippen molar-refractivity contribution >= 4 is 11.6 Å². The normalized spacial score (nSPS) is 17.6. The van der Waals surface area contributed by atoms with Gasteiger partial charge in [0.25, 0.3) is 0 Å². The predicted octanol–water partition coefficient (Wildman–Crippen LogP) is 3.45. The fourth-order valence-electron chi connectivity index (χ4n) is 3.71. The minimum atomic E-state index is 0.244. The van der Waals surface area contributed by atoms with Crippen LogP contribution >= 0.6 is 11.6 Å². The zero-order chi connectivity index (χ0) is 17.4. The lowest BCUT2D eigenvalue weighted by atomic mass is 9.95. The van der Waals surface area contributed by atoms with Crippen molar-refractivity contribution in [1.82, 2.24) is 24.6 Å². The Morgan fingerprint density at radius 3 is 2.80 bits per heavy atom. The smallest absolute Gasteiger partial charge is 0.131 e. The van der Waals surface area contributed by atoms with Crippen molar-refractivity contribution in [3.63, 3.8) is 0 Å². The highest BCUT2D eigenvalue weighted by Crippen LogP contribution is 2.33. The first-order valence-electron chi connectivity index (χ1n) is 8.61. The Bertz CT molecular complexity index is 867. The second-order valence-corrected chi connectivity index (χ2v) is 7.03. The van der Waals surface area contributed by atoms with Crippen LogP contribution in [0.25, 0.3) is 0 Å². The lowest BCUT2D eigenvalue weighted by Gasteiger charge is -2.35. The van der Waals surface area contributed by atoms with Crippen molar-refractivity contribution in [2.45, 2.75) is 32.4 Å². The molecule has 0 aliphatic carbocycles. The number of imidazole rings is 1. The van der Waals surface area contributed by atoms with Gasteiger partial charge in [0, 0.05) is 37.8 Å². The van der Waals surface area contributed by atoms with Gasteiger partial charge >= 0.3 is 0 Å². The molecular weight excluding hydrogens is 334 g/mol. The highest BCUT2D eigenvalue weighted by Gasteiger charge is 2.31. The maximum absolute atomic E-state index is 6.47. The minimum absolute atomic E-state index is 0.244. The summed E-state index contributed by atoms with van der Waals surface area (Å²) in [5.41, 5.74) is 5.85. The molecule has 0 radical (unpaired) electrons. The number of aryl methyl sites for hydroxylation is 2. The maximum Gasteiger partial charge on any atom is 0.131 e. The van der Waals surface area contributed by atoms with E-state index in [2.05, 4.69) is 50.3 Å². The van der Waals surface area contributed by atoms with Crippen LogP contribution in [0, 0.1) is 6.92 Å². The van der Waals surface area contributed by atoms with Crippen LogP contribution in [-0.4, -0.2) is 31.2 Å². The number of fused-ring (bicyclic) bond motifs is 1. The van der Waals surface area contributed by atoms with Crippen molar-refractivity contribution in [2.75, 3.05) is 6.54 Å². The van der Waals surface area contributed by atoms with Gasteiger partial charge in [-0.3, -0.25) is 9.58 Å². The topological polar surface area (TPSA) is 49.7 Å². The second kappa shape index (κ2) is 6.65. The molecule has 1 atom stereocenters.